The monoisotopic (exact) mass is 450 g/mol. The second kappa shape index (κ2) is 9.90. The number of fused-ring (bicyclic) bond motifs is 1. The smallest absolute Gasteiger partial charge is 0.258 e. The molecule has 0 N–H and O–H groups in total. The molecule has 7 heteroatoms. The lowest BCUT2D eigenvalue weighted by Gasteiger charge is -2.30. The van der Waals surface area contributed by atoms with Crippen molar-refractivity contribution < 1.29 is 14.3 Å². The SMILES string of the molecule is COc1ccc(N2Cc3cc(Cl)ccc3C2=O)cc1OCCN1CCC(C)CC1.Cl. The van der Waals surface area contributed by atoms with Gasteiger partial charge in [-0.15, -0.1) is 12.4 Å². The van der Waals surface area contributed by atoms with Crippen molar-refractivity contribution in [2.45, 2.75) is 26.3 Å². The van der Waals surface area contributed by atoms with E-state index >= 15 is 0 Å². The maximum atomic E-state index is 12.8. The summed E-state index contributed by atoms with van der Waals surface area (Å²) < 4.78 is 11.5. The minimum atomic E-state index is -0.0183. The molecular formula is C23H28Cl2N2O3. The van der Waals surface area contributed by atoms with Crippen LogP contribution in [-0.2, 0) is 6.54 Å². The number of carbonyl (C=O) groups excluding carboxylic acids is 1. The van der Waals surface area contributed by atoms with Gasteiger partial charge in [-0.05, 0) is 67.7 Å². The zero-order valence-corrected chi connectivity index (χ0v) is 19.0. The van der Waals surface area contributed by atoms with Crippen molar-refractivity contribution in [3.63, 3.8) is 0 Å². The van der Waals surface area contributed by atoms with Crippen LogP contribution in [0.4, 0.5) is 5.69 Å². The first-order chi connectivity index (χ1) is 14.0. The molecule has 0 aromatic heterocycles. The van der Waals surface area contributed by atoms with Crippen LogP contribution in [0.2, 0.25) is 5.02 Å². The van der Waals surface area contributed by atoms with E-state index in [0.29, 0.717) is 35.2 Å². The number of carbonyl (C=O) groups is 1. The quantitative estimate of drug-likeness (QED) is 0.617. The van der Waals surface area contributed by atoms with E-state index < -0.39 is 0 Å². The van der Waals surface area contributed by atoms with E-state index in [1.165, 1.54) is 12.8 Å². The van der Waals surface area contributed by atoms with Crippen LogP contribution in [0.3, 0.4) is 0 Å². The van der Waals surface area contributed by atoms with Crippen LogP contribution in [0.1, 0.15) is 35.7 Å². The number of anilines is 1. The average molecular weight is 451 g/mol. The number of rotatable bonds is 6. The Hall–Kier alpha value is -1.95. The molecule has 0 spiro atoms. The molecule has 0 aliphatic carbocycles. The first-order valence-corrected chi connectivity index (χ1v) is 10.6. The zero-order chi connectivity index (χ0) is 20.4. The average Bonchev–Trinajstić information content (AvgIpc) is 3.05. The van der Waals surface area contributed by atoms with Gasteiger partial charge in [0.25, 0.3) is 5.91 Å². The third-order valence-electron chi connectivity index (χ3n) is 5.87. The Kier molecular flexibility index (Phi) is 7.50. The number of hydrogen-bond donors (Lipinski definition) is 0. The van der Waals surface area contributed by atoms with E-state index in [1.54, 1.807) is 24.1 Å². The Morgan fingerprint density at radius 2 is 1.87 bits per heavy atom. The van der Waals surface area contributed by atoms with Gasteiger partial charge in [-0.3, -0.25) is 9.69 Å². The number of amides is 1. The molecule has 0 radical (unpaired) electrons. The lowest BCUT2D eigenvalue weighted by Crippen LogP contribution is -2.35. The first kappa shape index (κ1) is 22.7. The summed E-state index contributed by atoms with van der Waals surface area (Å²) in [6, 6.07) is 11.0. The third kappa shape index (κ3) is 4.85. The third-order valence-corrected chi connectivity index (χ3v) is 6.11. The van der Waals surface area contributed by atoms with Gasteiger partial charge in [0.05, 0.1) is 13.7 Å². The van der Waals surface area contributed by atoms with E-state index in [-0.39, 0.29) is 18.3 Å². The lowest BCUT2D eigenvalue weighted by molar-refractivity contribution is 0.0996. The number of nitrogens with zero attached hydrogens (tertiary/aromatic N) is 2. The van der Waals surface area contributed by atoms with Crippen molar-refractivity contribution in [3.05, 3.63) is 52.5 Å². The Labute approximate surface area is 189 Å². The van der Waals surface area contributed by atoms with Crippen LogP contribution in [0.5, 0.6) is 11.5 Å². The highest BCUT2D eigenvalue weighted by Gasteiger charge is 2.29. The molecule has 1 amide bonds. The van der Waals surface area contributed by atoms with Gasteiger partial charge in [0, 0.05) is 28.9 Å². The molecule has 1 fully saturated rings. The highest BCUT2D eigenvalue weighted by molar-refractivity contribution is 6.31. The zero-order valence-electron chi connectivity index (χ0n) is 17.4. The van der Waals surface area contributed by atoms with Crippen LogP contribution in [0, 0.1) is 5.92 Å². The molecule has 30 heavy (non-hydrogen) atoms. The van der Waals surface area contributed by atoms with Gasteiger partial charge in [-0.25, -0.2) is 0 Å². The van der Waals surface area contributed by atoms with Crippen molar-refractivity contribution in [1.82, 2.24) is 4.90 Å². The summed E-state index contributed by atoms with van der Waals surface area (Å²) in [5.41, 5.74) is 2.44. The summed E-state index contributed by atoms with van der Waals surface area (Å²) >= 11 is 6.09. The predicted molar refractivity (Wildman–Crippen MR) is 123 cm³/mol. The molecule has 0 atom stereocenters. The van der Waals surface area contributed by atoms with Crippen LogP contribution in [0.25, 0.3) is 0 Å². The maximum Gasteiger partial charge on any atom is 0.258 e. The van der Waals surface area contributed by atoms with Crippen molar-refractivity contribution >= 4 is 35.6 Å². The lowest BCUT2D eigenvalue weighted by atomic mass is 9.99. The second-order valence-corrected chi connectivity index (χ2v) is 8.34. The van der Waals surface area contributed by atoms with E-state index in [9.17, 15) is 4.79 Å². The van der Waals surface area contributed by atoms with Crippen LogP contribution >= 0.6 is 24.0 Å². The molecule has 2 aromatic rings. The fourth-order valence-corrected chi connectivity index (χ4v) is 4.21. The Bertz CT molecular complexity index is 898. The summed E-state index contributed by atoms with van der Waals surface area (Å²) in [4.78, 5) is 17.0. The van der Waals surface area contributed by atoms with Gasteiger partial charge < -0.3 is 14.4 Å². The van der Waals surface area contributed by atoms with E-state index in [2.05, 4.69) is 11.8 Å². The maximum absolute atomic E-state index is 12.8. The van der Waals surface area contributed by atoms with Crippen LogP contribution in [-0.4, -0.2) is 44.2 Å². The molecule has 2 aliphatic heterocycles. The number of ether oxygens (including phenoxy) is 2. The molecule has 5 nitrogen and oxygen atoms in total. The van der Waals surface area contributed by atoms with E-state index in [0.717, 1.165) is 36.8 Å². The largest absolute Gasteiger partial charge is 0.493 e. The number of hydrogen-bond acceptors (Lipinski definition) is 4. The van der Waals surface area contributed by atoms with Gasteiger partial charge in [-0.1, -0.05) is 18.5 Å². The molecule has 0 unspecified atom stereocenters. The number of likely N-dealkylation sites (tertiary alicyclic amines) is 1. The Morgan fingerprint density at radius 1 is 1.10 bits per heavy atom. The first-order valence-electron chi connectivity index (χ1n) is 10.2. The minimum absolute atomic E-state index is 0. The fourth-order valence-electron chi connectivity index (χ4n) is 4.01. The van der Waals surface area contributed by atoms with Crippen LogP contribution < -0.4 is 14.4 Å². The Morgan fingerprint density at radius 3 is 2.60 bits per heavy atom. The molecule has 1 saturated heterocycles. The van der Waals surface area contributed by atoms with Gasteiger partial charge >= 0.3 is 0 Å². The standard InChI is InChI=1S/C23H27ClN2O3.ClH/c1-16-7-9-25(10-8-16)11-12-29-22-14-19(4-6-21(22)28-2)26-15-17-13-18(24)3-5-20(17)23(26)27;/h3-6,13-14,16H,7-12,15H2,1-2H3;1H. The Balaban J connectivity index is 0.00000256. The van der Waals surface area contributed by atoms with Crippen molar-refractivity contribution in [2.75, 3.05) is 38.3 Å². The molecular weight excluding hydrogens is 423 g/mol. The van der Waals surface area contributed by atoms with Crippen molar-refractivity contribution in [3.8, 4) is 11.5 Å². The summed E-state index contributed by atoms with van der Waals surface area (Å²) in [5, 5.41) is 0.643. The van der Waals surface area contributed by atoms with Gasteiger partial charge in [-0.2, -0.15) is 0 Å². The highest BCUT2D eigenvalue weighted by Crippen LogP contribution is 2.36. The van der Waals surface area contributed by atoms with Gasteiger partial charge in [0.15, 0.2) is 11.5 Å². The molecule has 2 aliphatic rings. The van der Waals surface area contributed by atoms with E-state index in [4.69, 9.17) is 21.1 Å². The molecule has 0 saturated carbocycles. The second-order valence-electron chi connectivity index (χ2n) is 7.90. The molecule has 162 valence electrons. The van der Waals surface area contributed by atoms with Gasteiger partial charge in [0.2, 0.25) is 0 Å². The normalized spacial score (nSPS) is 16.9. The van der Waals surface area contributed by atoms with Gasteiger partial charge in [0.1, 0.15) is 6.61 Å². The molecule has 2 aromatic carbocycles. The number of benzene rings is 2. The van der Waals surface area contributed by atoms with Crippen molar-refractivity contribution in [1.29, 1.82) is 0 Å². The number of methoxy groups -OCH3 is 1. The molecule has 4 rings (SSSR count). The number of piperidine rings is 1. The highest BCUT2D eigenvalue weighted by atomic mass is 35.5. The van der Waals surface area contributed by atoms with Crippen molar-refractivity contribution in [2.24, 2.45) is 5.92 Å². The summed E-state index contributed by atoms with van der Waals surface area (Å²) in [5.74, 6) is 2.14. The molecule has 0 bridgehead atoms. The topological polar surface area (TPSA) is 42.0 Å². The number of halogens is 2. The summed E-state index contributed by atoms with van der Waals surface area (Å²) in [6.07, 6.45) is 2.50. The summed E-state index contributed by atoms with van der Waals surface area (Å²) in [7, 11) is 1.63. The van der Waals surface area contributed by atoms with Crippen LogP contribution in [0.15, 0.2) is 36.4 Å². The fraction of sp³-hybridized carbons (Fsp3) is 0.435. The predicted octanol–water partition coefficient (Wildman–Crippen LogP) is 5.04. The van der Waals surface area contributed by atoms with E-state index in [1.807, 2.05) is 24.3 Å². The minimum Gasteiger partial charge on any atom is -0.493 e. The summed E-state index contributed by atoms with van der Waals surface area (Å²) in [6.45, 7) is 6.57. The molecule has 2 heterocycles.